The van der Waals surface area contributed by atoms with Gasteiger partial charge in [0.25, 0.3) is 5.91 Å². The quantitative estimate of drug-likeness (QED) is 0.308. The average Bonchev–Trinajstić information content (AvgIpc) is 3.70. The number of hydrogen-bond acceptors (Lipinski definition) is 4. The maximum absolute atomic E-state index is 12.9. The summed E-state index contributed by atoms with van der Waals surface area (Å²) in [6, 6.07) is 7.52. The zero-order valence-electron chi connectivity index (χ0n) is 20.8. The van der Waals surface area contributed by atoms with Gasteiger partial charge < -0.3 is 15.3 Å². The van der Waals surface area contributed by atoms with Crippen molar-refractivity contribution in [1.82, 2.24) is 4.98 Å². The number of benzene rings is 1. The lowest BCUT2D eigenvalue weighted by Gasteiger charge is -2.28. The number of hydrogen-bond donors (Lipinski definition) is 2. The molecule has 0 saturated heterocycles. The van der Waals surface area contributed by atoms with Crippen LogP contribution in [0.4, 0.5) is 11.4 Å². The molecule has 1 aliphatic carbocycles. The summed E-state index contributed by atoms with van der Waals surface area (Å²) >= 11 is 6.06. The molecule has 0 radical (unpaired) electrons. The molecule has 1 aromatic heterocycles. The van der Waals surface area contributed by atoms with Crippen molar-refractivity contribution < 1.29 is 14.7 Å². The van der Waals surface area contributed by atoms with Crippen LogP contribution in [0.1, 0.15) is 87.1 Å². The monoisotopic (exact) mass is 499 g/mol. The Bertz CT molecular complexity index is 978. The van der Waals surface area contributed by atoms with Gasteiger partial charge in [-0.1, -0.05) is 63.5 Å². The number of amides is 1. The highest BCUT2D eigenvalue weighted by atomic mass is 35.5. The zero-order valence-corrected chi connectivity index (χ0v) is 21.5. The van der Waals surface area contributed by atoms with Crippen LogP contribution in [-0.4, -0.2) is 35.1 Å². The second kappa shape index (κ2) is 14.1. The summed E-state index contributed by atoms with van der Waals surface area (Å²) in [5.74, 6) is -0.593. The molecule has 1 saturated carbocycles. The molecule has 4 rings (SSSR count). The van der Waals surface area contributed by atoms with E-state index in [0.717, 1.165) is 54.7 Å². The second-order valence-corrected chi connectivity index (χ2v) is 9.89. The number of pyridine rings is 1. The van der Waals surface area contributed by atoms with E-state index in [2.05, 4.69) is 17.2 Å². The smallest absolute Gasteiger partial charge is 0.306 e. The molecule has 190 valence electrons. The Morgan fingerprint density at radius 3 is 2.46 bits per heavy atom. The first kappa shape index (κ1) is 27.0. The summed E-state index contributed by atoms with van der Waals surface area (Å²) in [7, 11) is 0. The van der Waals surface area contributed by atoms with E-state index in [9.17, 15) is 9.59 Å². The van der Waals surface area contributed by atoms with Crippen molar-refractivity contribution in [3.05, 3.63) is 52.8 Å². The number of carbonyl (C=O) groups is 2. The first-order valence-electron chi connectivity index (χ1n) is 13.0. The Balaban J connectivity index is 0.000000497. The van der Waals surface area contributed by atoms with E-state index in [0.29, 0.717) is 11.6 Å². The van der Waals surface area contributed by atoms with E-state index in [-0.39, 0.29) is 11.8 Å². The van der Waals surface area contributed by atoms with Crippen molar-refractivity contribution in [3.8, 4) is 0 Å². The van der Waals surface area contributed by atoms with Crippen molar-refractivity contribution in [2.75, 3.05) is 23.3 Å². The fourth-order valence-corrected chi connectivity index (χ4v) is 4.39. The molecule has 1 fully saturated rings. The normalized spacial score (nSPS) is 14.7. The molecule has 2 heterocycles. The summed E-state index contributed by atoms with van der Waals surface area (Å²) < 4.78 is 0. The predicted octanol–water partition coefficient (Wildman–Crippen LogP) is 6.97. The van der Waals surface area contributed by atoms with Gasteiger partial charge in [0, 0.05) is 23.7 Å². The molecule has 2 aromatic rings. The minimum Gasteiger partial charge on any atom is -0.481 e. The number of halogens is 1. The number of nitrogens with zero attached hydrogens (tertiary/aromatic N) is 2. The first-order chi connectivity index (χ1) is 17.0. The number of carboxylic acid groups (broad SMARTS) is 1. The fourth-order valence-electron chi connectivity index (χ4n) is 4.20. The van der Waals surface area contributed by atoms with Crippen LogP contribution in [0.15, 0.2) is 36.7 Å². The molecule has 6 nitrogen and oxygen atoms in total. The number of aromatic nitrogens is 1. The number of carboxylic acids is 1. The number of rotatable bonds is 12. The largest absolute Gasteiger partial charge is 0.481 e. The topological polar surface area (TPSA) is 82.5 Å². The molecular weight excluding hydrogens is 462 g/mol. The van der Waals surface area contributed by atoms with Gasteiger partial charge in [-0.15, -0.1) is 0 Å². The second-order valence-electron chi connectivity index (χ2n) is 9.45. The zero-order chi connectivity index (χ0) is 25.0. The van der Waals surface area contributed by atoms with Gasteiger partial charge in [0.15, 0.2) is 0 Å². The van der Waals surface area contributed by atoms with E-state index in [1.165, 1.54) is 44.9 Å². The third-order valence-electron chi connectivity index (χ3n) is 6.47. The summed E-state index contributed by atoms with van der Waals surface area (Å²) in [5.41, 5.74) is 3.57. The average molecular weight is 500 g/mol. The molecular formula is C28H38ClN3O3. The molecule has 0 atom stereocenters. The highest BCUT2D eigenvalue weighted by molar-refractivity contribution is 6.30. The Hall–Kier alpha value is -2.60. The summed E-state index contributed by atoms with van der Waals surface area (Å²) in [5, 5.41) is 12.2. The number of fused-ring (bicyclic) bond motifs is 1. The lowest BCUT2D eigenvalue weighted by atomic mass is 9.99. The maximum atomic E-state index is 12.9. The molecule has 1 aromatic carbocycles. The van der Waals surface area contributed by atoms with Crippen molar-refractivity contribution in [1.29, 1.82) is 0 Å². The van der Waals surface area contributed by atoms with Crippen LogP contribution in [0.3, 0.4) is 0 Å². The predicted molar refractivity (Wildman–Crippen MR) is 143 cm³/mol. The number of unbranched alkanes of at least 4 members (excludes halogenated alkanes) is 7. The summed E-state index contributed by atoms with van der Waals surface area (Å²) in [6.45, 7) is 3.84. The molecule has 2 aliphatic rings. The molecule has 2 N–H and O–H groups in total. The molecule has 1 amide bonds. The minimum absolute atomic E-state index is 0.0185. The fraction of sp³-hybridized carbons (Fsp3) is 0.536. The Labute approximate surface area is 214 Å². The van der Waals surface area contributed by atoms with Gasteiger partial charge in [-0.05, 0) is 55.5 Å². The SMILES string of the molecule is CCCCCCCCCCNc1cncc(N2CCc3cc(Cl)ccc3C2=O)c1.O=C(O)C1CC1. The van der Waals surface area contributed by atoms with Crippen LogP contribution in [0, 0.1) is 5.92 Å². The lowest BCUT2D eigenvalue weighted by Crippen LogP contribution is -2.37. The van der Waals surface area contributed by atoms with E-state index >= 15 is 0 Å². The van der Waals surface area contributed by atoms with E-state index in [4.69, 9.17) is 16.7 Å². The first-order valence-corrected chi connectivity index (χ1v) is 13.4. The number of aliphatic carboxylic acids is 1. The summed E-state index contributed by atoms with van der Waals surface area (Å²) in [6.07, 6.45) is 16.7. The van der Waals surface area contributed by atoms with Crippen molar-refractivity contribution >= 4 is 34.9 Å². The van der Waals surface area contributed by atoms with Gasteiger partial charge in [0.2, 0.25) is 0 Å². The third-order valence-corrected chi connectivity index (χ3v) is 6.70. The van der Waals surface area contributed by atoms with Crippen LogP contribution in [-0.2, 0) is 11.2 Å². The van der Waals surface area contributed by atoms with Crippen molar-refractivity contribution in [2.45, 2.75) is 77.6 Å². The van der Waals surface area contributed by atoms with E-state index < -0.39 is 5.97 Å². The van der Waals surface area contributed by atoms with Crippen LogP contribution >= 0.6 is 11.6 Å². The Morgan fingerprint density at radius 1 is 1.09 bits per heavy atom. The highest BCUT2D eigenvalue weighted by Gasteiger charge is 2.28. The minimum atomic E-state index is -0.630. The van der Waals surface area contributed by atoms with Gasteiger partial charge in [-0.2, -0.15) is 0 Å². The van der Waals surface area contributed by atoms with Gasteiger partial charge in [-0.3, -0.25) is 14.6 Å². The van der Waals surface area contributed by atoms with Crippen LogP contribution < -0.4 is 10.2 Å². The molecule has 7 heteroatoms. The molecule has 35 heavy (non-hydrogen) atoms. The third kappa shape index (κ3) is 8.84. The van der Waals surface area contributed by atoms with Gasteiger partial charge >= 0.3 is 5.97 Å². The Kier molecular flexibility index (Phi) is 10.9. The standard InChI is InChI=1S/C24H32ClN3O.C4H6O2/c1-2-3-4-5-6-7-8-9-13-27-21-16-22(18-26-17-21)28-14-12-19-15-20(25)10-11-23(19)24(28)29;5-4(6)3-1-2-3/h10-11,15-18,27H,2-9,12-14H2,1H3;3H,1-2H2,(H,5,6). The molecule has 0 unspecified atom stereocenters. The Morgan fingerprint density at radius 2 is 1.80 bits per heavy atom. The molecule has 1 aliphatic heterocycles. The van der Waals surface area contributed by atoms with Crippen LogP contribution in [0.2, 0.25) is 5.02 Å². The highest BCUT2D eigenvalue weighted by Crippen LogP contribution is 2.28. The summed E-state index contributed by atoms with van der Waals surface area (Å²) in [4.78, 5) is 28.8. The van der Waals surface area contributed by atoms with E-state index in [1.54, 1.807) is 12.3 Å². The number of carbonyl (C=O) groups excluding carboxylic acids is 1. The van der Waals surface area contributed by atoms with Gasteiger partial charge in [0.05, 0.1) is 29.7 Å². The van der Waals surface area contributed by atoms with Crippen molar-refractivity contribution in [3.63, 3.8) is 0 Å². The van der Waals surface area contributed by atoms with E-state index in [1.807, 2.05) is 29.3 Å². The van der Waals surface area contributed by atoms with Crippen LogP contribution in [0.25, 0.3) is 0 Å². The molecule has 0 bridgehead atoms. The van der Waals surface area contributed by atoms with Gasteiger partial charge in [0.1, 0.15) is 0 Å². The number of anilines is 2. The molecule has 0 spiro atoms. The van der Waals surface area contributed by atoms with Crippen molar-refractivity contribution in [2.24, 2.45) is 5.92 Å². The lowest BCUT2D eigenvalue weighted by molar-refractivity contribution is -0.138. The number of nitrogens with one attached hydrogen (secondary N) is 1. The van der Waals surface area contributed by atoms with Gasteiger partial charge in [-0.25, -0.2) is 0 Å². The maximum Gasteiger partial charge on any atom is 0.306 e. The van der Waals surface area contributed by atoms with Crippen LogP contribution in [0.5, 0.6) is 0 Å².